The summed E-state index contributed by atoms with van der Waals surface area (Å²) in [6, 6.07) is 55.1. The van der Waals surface area contributed by atoms with Gasteiger partial charge in [0.2, 0.25) is 0 Å². The minimum atomic E-state index is -2.88. The molecule has 1 atom stereocenters. The smallest absolute Gasteiger partial charge is 1.00 e. The summed E-state index contributed by atoms with van der Waals surface area (Å²) in [6.07, 6.45) is 2.53. The molecule has 6 aromatic rings. The fourth-order valence-electron chi connectivity index (χ4n) is 7.83. The molecule has 0 aromatic heterocycles. The van der Waals surface area contributed by atoms with Gasteiger partial charge in [-0.3, -0.25) is 0 Å². The van der Waals surface area contributed by atoms with Crippen molar-refractivity contribution in [3.8, 4) is 22.3 Å². The number of halogens is 2. The van der Waals surface area contributed by atoms with E-state index in [-0.39, 0.29) is 24.8 Å². The van der Waals surface area contributed by atoms with Gasteiger partial charge in [-0.15, -0.1) is 0 Å². The zero-order valence-corrected chi connectivity index (χ0v) is 30.8. The van der Waals surface area contributed by atoms with Crippen molar-refractivity contribution in [1.29, 1.82) is 0 Å². The Kier molecular flexibility index (Phi) is 9.82. The maximum atomic E-state index is 2.53. The average molecular weight is 727 g/mol. The fraction of sp³-hybridized carbons (Fsp3) is 0.114. The molecular formula is C44H36Cl2Zr. The predicted molar refractivity (Wildman–Crippen MR) is 188 cm³/mol. The Balaban J connectivity index is 0.00000193. The molecule has 0 amide bonds. The summed E-state index contributed by atoms with van der Waals surface area (Å²) in [6.45, 7) is 6.93. The Hall–Kier alpha value is -3.61. The largest absolute Gasteiger partial charge is 1.00 e. The van der Waals surface area contributed by atoms with Crippen molar-refractivity contribution in [2.24, 2.45) is 0 Å². The zero-order valence-electron chi connectivity index (χ0n) is 26.8. The maximum Gasteiger partial charge on any atom is -1.00 e. The molecule has 8 rings (SSSR count). The van der Waals surface area contributed by atoms with Crippen LogP contribution >= 0.6 is 0 Å². The summed E-state index contributed by atoms with van der Waals surface area (Å²) in [5.41, 5.74) is 18.5. The summed E-state index contributed by atoms with van der Waals surface area (Å²) in [4.78, 5) is 0. The van der Waals surface area contributed by atoms with Crippen molar-refractivity contribution in [3.05, 3.63) is 196 Å². The van der Waals surface area contributed by atoms with Crippen LogP contribution < -0.4 is 24.8 Å². The van der Waals surface area contributed by atoms with Gasteiger partial charge in [0.1, 0.15) is 0 Å². The molecule has 230 valence electrons. The van der Waals surface area contributed by atoms with Crippen LogP contribution in [0.2, 0.25) is 0 Å². The summed E-state index contributed by atoms with van der Waals surface area (Å²) < 4.78 is 2.42. The fourth-order valence-corrected chi connectivity index (χ4v) is 18.2. The molecule has 3 heteroatoms. The van der Waals surface area contributed by atoms with Crippen molar-refractivity contribution >= 4 is 9.28 Å². The first-order valence-corrected chi connectivity index (χ1v) is 20.1. The quantitative estimate of drug-likeness (QED) is 0.232. The minimum absolute atomic E-state index is 0. The van der Waals surface area contributed by atoms with E-state index < -0.39 is 21.3 Å². The van der Waals surface area contributed by atoms with E-state index in [0.717, 1.165) is 0 Å². The van der Waals surface area contributed by atoms with Gasteiger partial charge in [0, 0.05) is 0 Å². The van der Waals surface area contributed by atoms with Gasteiger partial charge in [-0.1, -0.05) is 0 Å². The SMILES string of the molecule is CC1=Cc2c(-c3ccccc3)cccc2[CH]1[Zr+2](=[C](c1ccccc1)c1ccccc1)[CH]1c2cc(C)ccc2-c2ccc(C)cc21.[Cl-].[Cl-]. The number of fused-ring (bicyclic) bond motifs is 4. The molecule has 2 aliphatic rings. The van der Waals surface area contributed by atoms with Crippen LogP contribution in [0.5, 0.6) is 0 Å². The molecule has 0 spiro atoms. The molecule has 2 aliphatic carbocycles. The molecule has 0 saturated heterocycles. The second-order valence-electron chi connectivity index (χ2n) is 12.7. The average Bonchev–Trinajstić information content (AvgIpc) is 3.57. The van der Waals surface area contributed by atoms with Gasteiger partial charge < -0.3 is 24.8 Å². The van der Waals surface area contributed by atoms with Gasteiger partial charge in [-0.2, -0.15) is 0 Å². The molecule has 0 nitrogen and oxygen atoms in total. The summed E-state index contributed by atoms with van der Waals surface area (Å²) >= 11 is -2.88. The minimum Gasteiger partial charge on any atom is -1.00 e. The second kappa shape index (κ2) is 13.9. The van der Waals surface area contributed by atoms with Crippen molar-refractivity contribution in [3.63, 3.8) is 0 Å². The summed E-state index contributed by atoms with van der Waals surface area (Å²) in [5.74, 6) is 0. The number of hydrogen-bond donors (Lipinski definition) is 0. The van der Waals surface area contributed by atoms with E-state index in [2.05, 4.69) is 172 Å². The monoisotopic (exact) mass is 724 g/mol. The number of hydrogen-bond acceptors (Lipinski definition) is 0. The van der Waals surface area contributed by atoms with Crippen molar-refractivity contribution in [2.75, 3.05) is 0 Å². The Labute approximate surface area is 299 Å². The van der Waals surface area contributed by atoms with Crippen LogP contribution in [0.4, 0.5) is 0 Å². The standard InChI is InChI=1S/C16H13.C15H13.C13H10.2ClH.Zr/c1-12-10-14-8-5-9-15(16(14)11-12)13-6-3-2-4-7-13;1-10-3-5-14-12(7-10)9-13-8-11(2)4-6-15(13)14;1-3-7-12(8-4-1)11-13-9-5-2-6-10-13;;;/h2-11H,1H3;3-9H,1-2H3;1-10H;2*1H;/q;;;;;+2/p-2. The van der Waals surface area contributed by atoms with Crippen LogP contribution in [0, 0.1) is 13.8 Å². The van der Waals surface area contributed by atoms with E-state index in [4.69, 9.17) is 0 Å². The van der Waals surface area contributed by atoms with Crippen molar-refractivity contribution in [2.45, 2.75) is 28.0 Å². The third-order valence-electron chi connectivity index (χ3n) is 9.72. The predicted octanol–water partition coefficient (Wildman–Crippen LogP) is 5.09. The third-order valence-corrected chi connectivity index (χ3v) is 19.0. The first kappa shape index (κ1) is 33.3. The van der Waals surface area contributed by atoms with Gasteiger partial charge in [-0.05, 0) is 0 Å². The Morgan fingerprint density at radius 2 is 0.979 bits per heavy atom. The van der Waals surface area contributed by atoms with E-state index >= 15 is 0 Å². The molecule has 47 heavy (non-hydrogen) atoms. The molecule has 6 aromatic carbocycles. The molecule has 0 radical (unpaired) electrons. The normalized spacial score (nSPS) is 14.0. The van der Waals surface area contributed by atoms with E-state index in [9.17, 15) is 0 Å². The van der Waals surface area contributed by atoms with Gasteiger partial charge in [-0.25, -0.2) is 0 Å². The van der Waals surface area contributed by atoms with Crippen LogP contribution in [-0.2, 0) is 21.3 Å². The number of allylic oxidation sites excluding steroid dienone is 1. The van der Waals surface area contributed by atoms with Crippen LogP contribution in [0.3, 0.4) is 0 Å². The van der Waals surface area contributed by atoms with Gasteiger partial charge in [0.05, 0.1) is 0 Å². The summed E-state index contributed by atoms with van der Waals surface area (Å²) in [7, 11) is 0. The molecule has 0 bridgehead atoms. The molecule has 0 fully saturated rings. The molecule has 0 heterocycles. The molecule has 0 N–H and O–H groups in total. The van der Waals surface area contributed by atoms with Crippen LogP contribution in [0.1, 0.15) is 58.7 Å². The van der Waals surface area contributed by atoms with E-state index in [1.807, 2.05) is 0 Å². The van der Waals surface area contributed by atoms with Crippen LogP contribution in [0.25, 0.3) is 28.3 Å². The molecule has 0 aliphatic heterocycles. The Morgan fingerprint density at radius 3 is 1.51 bits per heavy atom. The first-order chi connectivity index (χ1) is 22.1. The topological polar surface area (TPSA) is 0 Å². The van der Waals surface area contributed by atoms with Crippen LogP contribution in [0.15, 0.2) is 151 Å². The van der Waals surface area contributed by atoms with Crippen molar-refractivity contribution < 1.29 is 46.1 Å². The third kappa shape index (κ3) is 5.89. The second-order valence-corrected chi connectivity index (χ2v) is 19.0. The van der Waals surface area contributed by atoms with Gasteiger partial charge in [0.25, 0.3) is 0 Å². The van der Waals surface area contributed by atoms with Crippen LogP contribution in [-0.4, -0.2) is 3.21 Å². The van der Waals surface area contributed by atoms with E-state index in [0.29, 0.717) is 7.25 Å². The van der Waals surface area contributed by atoms with Gasteiger partial charge >= 0.3 is 276 Å². The molecule has 1 unspecified atom stereocenters. The first-order valence-electron chi connectivity index (χ1n) is 16.0. The van der Waals surface area contributed by atoms with E-state index in [1.165, 1.54) is 72.3 Å². The summed E-state index contributed by atoms with van der Waals surface area (Å²) in [5, 5.41) is 0. The molecular weight excluding hydrogens is 691 g/mol. The van der Waals surface area contributed by atoms with Gasteiger partial charge in [0.15, 0.2) is 0 Å². The Bertz CT molecular complexity index is 2040. The zero-order chi connectivity index (χ0) is 30.5. The Morgan fingerprint density at radius 1 is 0.468 bits per heavy atom. The number of aryl methyl sites for hydroxylation is 2. The number of rotatable bonds is 5. The van der Waals surface area contributed by atoms with E-state index in [1.54, 1.807) is 3.21 Å². The van der Waals surface area contributed by atoms with Crippen molar-refractivity contribution in [1.82, 2.24) is 0 Å². The number of benzene rings is 6. The maximum absolute atomic E-state index is 2.88. The molecule has 0 saturated carbocycles.